The molecule has 7 heteroatoms. The van der Waals surface area contributed by atoms with E-state index in [0.29, 0.717) is 36.2 Å². The summed E-state index contributed by atoms with van der Waals surface area (Å²) in [6, 6.07) is 5.54. The first-order valence-electron chi connectivity index (χ1n) is 10.3. The van der Waals surface area contributed by atoms with Crippen LogP contribution in [-0.2, 0) is 5.41 Å². The number of carbonyl (C=O) groups excluding carboxylic acids is 1. The van der Waals surface area contributed by atoms with Gasteiger partial charge in [-0.05, 0) is 51.1 Å². The number of aromatic nitrogens is 2. The Morgan fingerprint density at radius 1 is 1.14 bits per heavy atom. The van der Waals surface area contributed by atoms with Crippen molar-refractivity contribution >= 4 is 5.78 Å². The zero-order valence-electron chi connectivity index (χ0n) is 17.6. The first-order valence-corrected chi connectivity index (χ1v) is 10.3. The zero-order chi connectivity index (χ0) is 20.6. The Balaban J connectivity index is 1.37. The first kappa shape index (κ1) is 19.9. The van der Waals surface area contributed by atoms with Gasteiger partial charge < -0.3 is 14.0 Å². The number of Topliss-reactive ketones (excluding diaryl/α,β-unsaturated/α-hetero) is 1. The van der Waals surface area contributed by atoms with Gasteiger partial charge in [0.2, 0.25) is 5.89 Å². The van der Waals surface area contributed by atoms with E-state index in [4.69, 9.17) is 14.0 Å². The molecule has 3 heterocycles. The van der Waals surface area contributed by atoms with E-state index >= 15 is 0 Å². The minimum Gasteiger partial charge on any atom is -0.486 e. The van der Waals surface area contributed by atoms with Gasteiger partial charge in [-0.25, -0.2) is 0 Å². The molecule has 156 valence electrons. The van der Waals surface area contributed by atoms with Crippen molar-refractivity contribution in [2.45, 2.75) is 52.0 Å². The minimum atomic E-state index is -0.134. The molecular weight excluding hydrogens is 370 g/mol. The second-order valence-corrected chi connectivity index (χ2v) is 8.92. The maximum atomic E-state index is 13.0. The lowest BCUT2D eigenvalue weighted by Crippen LogP contribution is -2.38. The van der Waals surface area contributed by atoms with Gasteiger partial charge in [-0.3, -0.25) is 9.69 Å². The van der Waals surface area contributed by atoms with E-state index in [1.54, 1.807) is 0 Å². The number of likely N-dealkylation sites (tertiary alicyclic amines) is 1. The molecule has 1 saturated heterocycles. The van der Waals surface area contributed by atoms with Gasteiger partial charge in [0, 0.05) is 16.9 Å². The number of hydrogen-bond acceptors (Lipinski definition) is 7. The fourth-order valence-corrected chi connectivity index (χ4v) is 3.85. The van der Waals surface area contributed by atoms with E-state index in [1.165, 1.54) is 0 Å². The van der Waals surface area contributed by atoms with E-state index in [0.717, 1.165) is 31.8 Å². The molecule has 0 radical (unpaired) electrons. The first-order chi connectivity index (χ1) is 13.8. The summed E-state index contributed by atoms with van der Waals surface area (Å²) in [6.07, 6.45) is 1.63. The number of hydrogen-bond donors (Lipinski definition) is 0. The molecule has 1 atom stereocenters. The number of fused-ring (bicyclic) bond motifs is 1. The largest absolute Gasteiger partial charge is 0.486 e. The predicted molar refractivity (Wildman–Crippen MR) is 107 cm³/mol. The van der Waals surface area contributed by atoms with Crippen molar-refractivity contribution in [1.82, 2.24) is 15.0 Å². The van der Waals surface area contributed by atoms with Crippen molar-refractivity contribution < 1.29 is 18.8 Å². The Hall–Kier alpha value is -2.41. The molecule has 0 spiro atoms. The van der Waals surface area contributed by atoms with Gasteiger partial charge in [-0.15, -0.1) is 0 Å². The highest BCUT2D eigenvalue weighted by Gasteiger charge is 2.31. The van der Waals surface area contributed by atoms with E-state index in [1.807, 2.05) is 18.2 Å². The number of rotatable bonds is 4. The Bertz CT molecular complexity index is 878. The fourth-order valence-electron chi connectivity index (χ4n) is 3.85. The standard InChI is InChI=1S/C22H29N3O4/c1-14(20-23-21(24-29-20)22(2,3)4)25-9-7-15(8-10-25)19(26)16-5-6-17-18(13-16)28-12-11-27-17/h5-6,13-15H,7-12H2,1-4H3/t14-/m0/s1. The predicted octanol–water partition coefficient (Wildman–Crippen LogP) is 3.79. The second-order valence-electron chi connectivity index (χ2n) is 8.92. The lowest BCUT2D eigenvalue weighted by molar-refractivity contribution is 0.0773. The third kappa shape index (κ3) is 4.15. The molecule has 7 nitrogen and oxygen atoms in total. The quantitative estimate of drug-likeness (QED) is 0.724. The Morgan fingerprint density at radius 2 is 1.83 bits per heavy atom. The average Bonchev–Trinajstić information content (AvgIpc) is 3.23. The van der Waals surface area contributed by atoms with Crippen molar-refractivity contribution in [3.8, 4) is 11.5 Å². The normalized spacial score (nSPS) is 19.2. The van der Waals surface area contributed by atoms with Crippen molar-refractivity contribution in [3.05, 3.63) is 35.5 Å². The highest BCUT2D eigenvalue weighted by atomic mass is 16.6. The molecular formula is C22H29N3O4. The van der Waals surface area contributed by atoms with Crippen molar-refractivity contribution in [2.75, 3.05) is 26.3 Å². The van der Waals surface area contributed by atoms with Crippen LogP contribution >= 0.6 is 0 Å². The van der Waals surface area contributed by atoms with Crippen LogP contribution in [0.3, 0.4) is 0 Å². The molecule has 0 unspecified atom stereocenters. The van der Waals surface area contributed by atoms with E-state index in [9.17, 15) is 4.79 Å². The van der Waals surface area contributed by atoms with E-state index in [-0.39, 0.29) is 23.2 Å². The summed E-state index contributed by atoms with van der Waals surface area (Å²) < 4.78 is 16.7. The van der Waals surface area contributed by atoms with Crippen LogP contribution in [0.4, 0.5) is 0 Å². The van der Waals surface area contributed by atoms with Crippen LogP contribution in [0, 0.1) is 5.92 Å². The molecule has 0 aliphatic carbocycles. The number of nitrogens with zero attached hydrogens (tertiary/aromatic N) is 3. The summed E-state index contributed by atoms with van der Waals surface area (Å²) in [6.45, 7) is 11.0. The lowest BCUT2D eigenvalue weighted by atomic mass is 9.88. The van der Waals surface area contributed by atoms with Crippen LogP contribution < -0.4 is 9.47 Å². The van der Waals surface area contributed by atoms with Gasteiger partial charge >= 0.3 is 0 Å². The molecule has 0 amide bonds. The number of piperidine rings is 1. The van der Waals surface area contributed by atoms with Gasteiger partial charge in [0.05, 0.1) is 6.04 Å². The summed E-state index contributed by atoms with van der Waals surface area (Å²) in [5.41, 5.74) is 0.567. The van der Waals surface area contributed by atoms with Gasteiger partial charge in [-0.2, -0.15) is 4.98 Å². The summed E-state index contributed by atoms with van der Waals surface area (Å²) in [4.78, 5) is 19.9. The van der Waals surface area contributed by atoms with Crippen molar-refractivity contribution in [3.63, 3.8) is 0 Å². The molecule has 2 aliphatic rings. The Morgan fingerprint density at radius 3 is 2.48 bits per heavy atom. The highest BCUT2D eigenvalue weighted by Crippen LogP contribution is 2.33. The lowest BCUT2D eigenvalue weighted by Gasteiger charge is -2.34. The van der Waals surface area contributed by atoms with Crippen LogP contribution in [0.15, 0.2) is 22.7 Å². The molecule has 4 rings (SSSR count). The van der Waals surface area contributed by atoms with Gasteiger partial charge in [0.1, 0.15) is 13.2 Å². The maximum absolute atomic E-state index is 13.0. The smallest absolute Gasteiger partial charge is 0.243 e. The number of benzene rings is 1. The van der Waals surface area contributed by atoms with E-state index in [2.05, 4.69) is 42.7 Å². The van der Waals surface area contributed by atoms with Gasteiger partial charge in [0.25, 0.3) is 0 Å². The third-order valence-corrected chi connectivity index (χ3v) is 5.74. The second kappa shape index (κ2) is 7.78. The molecule has 2 aliphatic heterocycles. The van der Waals surface area contributed by atoms with Crippen LogP contribution in [0.2, 0.25) is 0 Å². The summed E-state index contributed by atoms with van der Waals surface area (Å²) in [5.74, 6) is 2.95. The molecule has 0 bridgehead atoms. The van der Waals surface area contributed by atoms with Crippen molar-refractivity contribution in [1.29, 1.82) is 0 Å². The van der Waals surface area contributed by atoms with Crippen molar-refractivity contribution in [2.24, 2.45) is 5.92 Å². The highest BCUT2D eigenvalue weighted by molar-refractivity contribution is 5.98. The molecule has 1 aromatic heterocycles. The van der Waals surface area contributed by atoms with Gasteiger partial charge in [-0.1, -0.05) is 25.9 Å². The summed E-state index contributed by atoms with van der Waals surface area (Å²) in [5, 5.41) is 4.13. The molecule has 0 saturated carbocycles. The zero-order valence-corrected chi connectivity index (χ0v) is 17.6. The SMILES string of the molecule is C[C@@H](c1nc(C(C)(C)C)no1)N1CCC(C(=O)c2ccc3c(c2)OCCO3)CC1. The van der Waals surface area contributed by atoms with Crippen LogP contribution in [-0.4, -0.2) is 47.1 Å². The fraction of sp³-hybridized carbons (Fsp3) is 0.591. The van der Waals surface area contributed by atoms with Gasteiger partial charge in [0.15, 0.2) is 23.1 Å². The number of ketones is 1. The van der Waals surface area contributed by atoms with Crippen LogP contribution in [0.25, 0.3) is 0 Å². The van der Waals surface area contributed by atoms with Crippen LogP contribution in [0.1, 0.15) is 68.7 Å². The topological polar surface area (TPSA) is 77.7 Å². The monoisotopic (exact) mass is 399 g/mol. The van der Waals surface area contributed by atoms with Crippen LogP contribution in [0.5, 0.6) is 11.5 Å². The average molecular weight is 399 g/mol. The molecule has 0 N–H and O–H groups in total. The minimum absolute atomic E-state index is 0.0221. The maximum Gasteiger partial charge on any atom is 0.243 e. The Kier molecular flexibility index (Phi) is 5.34. The third-order valence-electron chi connectivity index (χ3n) is 5.74. The number of carbonyl (C=O) groups is 1. The Labute approximate surface area is 171 Å². The molecule has 1 fully saturated rings. The van der Waals surface area contributed by atoms with E-state index < -0.39 is 0 Å². The summed E-state index contributed by atoms with van der Waals surface area (Å²) >= 11 is 0. The number of ether oxygens (including phenoxy) is 2. The molecule has 1 aromatic carbocycles. The molecule has 29 heavy (non-hydrogen) atoms. The summed E-state index contributed by atoms with van der Waals surface area (Å²) in [7, 11) is 0. The molecule has 2 aromatic rings.